The first-order chi connectivity index (χ1) is 14.5. The third-order valence-corrected chi connectivity index (χ3v) is 6.72. The van der Waals surface area contributed by atoms with E-state index in [1.807, 2.05) is 43.4 Å². The minimum absolute atomic E-state index is 0.120. The van der Waals surface area contributed by atoms with Crippen LogP contribution in [0.3, 0.4) is 0 Å². The molecule has 1 atom stereocenters. The monoisotopic (exact) mass is 405 g/mol. The van der Waals surface area contributed by atoms with E-state index in [9.17, 15) is 9.59 Å². The molecule has 1 aromatic carbocycles. The first-order valence-corrected chi connectivity index (χ1v) is 11.0. The summed E-state index contributed by atoms with van der Waals surface area (Å²) >= 11 is 0. The average molecular weight is 406 g/mol. The van der Waals surface area contributed by atoms with E-state index >= 15 is 0 Å². The molecule has 0 N–H and O–H groups in total. The van der Waals surface area contributed by atoms with Gasteiger partial charge in [0.05, 0.1) is 5.41 Å². The lowest BCUT2D eigenvalue weighted by molar-refractivity contribution is -0.150. The van der Waals surface area contributed by atoms with Gasteiger partial charge >= 0.3 is 0 Å². The molecule has 1 saturated carbocycles. The number of hydrogen-bond acceptors (Lipinski definition) is 3. The van der Waals surface area contributed by atoms with Crippen molar-refractivity contribution in [3.05, 3.63) is 54.4 Å². The van der Waals surface area contributed by atoms with Crippen molar-refractivity contribution in [3.63, 3.8) is 0 Å². The van der Waals surface area contributed by atoms with E-state index in [4.69, 9.17) is 0 Å². The van der Waals surface area contributed by atoms with Crippen molar-refractivity contribution in [2.24, 2.45) is 11.3 Å². The van der Waals surface area contributed by atoms with Crippen molar-refractivity contribution in [2.45, 2.75) is 38.5 Å². The maximum Gasteiger partial charge on any atom is 0.230 e. The molecule has 1 aliphatic heterocycles. The molecule has 1 aromatic heterocycles. The smallest absolute Gasteiger partial charge is 0.230 e. The highest BCUT2D eigenvalue weighted by Crippen LogP contribution is 2.39. The molecule has 0 bridgehead atoms. The van der Waals surface area contributed by atoms with Gasteiger partial charge in [-0.1, -0.05) is 36.8 Å². The van der Waals surface area contributed by atoms with Crippen LogP contribution in [0.1, 0.15) is 37.7 Å². The SMILES string of the molecule is CN(C)C(=O)[C@]1(Cc2ccccc2-c2cccnc2)CCCN(C(=O)C2CCC2)C1. The van der Waals surface area contributed by atoms with E-state index in [1.165, 1.54) is 0 Å². The Morgan fingerprint density at radius 1 is 1.13 bits per heavy atom. The molecule has 158 valence electrons. The second-order valence-electron chi connectivity index (χ2n) is 9.05. The lowest BCUT2D eigenvalue weighted by atomic mass is 9.72. The molecule has 5 nitrogen and oxygen atoms in total. The summed E-state index contributed by atoms with van der Waals surface area (Å²) < 4.78 is 0. The second-order valence-corrected chi connectivity index (χ2v) is 9.05. The molecule has 4 rings (SSSR count). The fourth-order valence-corrected chi connectivity index (χ4v) is 4.94. The molecule has 1 saturated heterocycles. The standard InChI is InChI=1S/C25H31N3O2/c1-27(2)24(30)25(13-7-15-28(18-25)23(29)19-9-5-10-19)16-20-8-3-4-12-22(20)21-11-6-14-26-17-21/h3-4,6,8,11-12,14,17,19H,5,7,9-10,13,15-16,18H2,1-2H3/t25-/m0/s1. The number of benzene rings is 1. The molecule has 0 unspecified atom stereocenters. The predicted octanol–water partition coefficient (Wildman–Crippen LogP) is 3.79. The van der Waals surface area contributed by atoms with E-state index in [0.717, 1.165) is 55.3 Å². The molecule has 5 heteroatoms. The van der Waals surface area contributed by atoms with Crippen LogP contribution in [0.15, 0.2) is 48.8 Å². The zero-order valence-corrected chi connectivity index (χ0v) is 18.0. The lowest BCUT2D eigenvalue weighted by Crippen LogP contribution is -2.55. The largest absolute Gasteiger partial charge is 0.348 e. The van der Waals surface area contributed by atoms with Gasteiger partial charge in [0, 0.05) is 51.1 Å². The number of hydrogen-bond donors (Lipinski definition) is 0. The molecule has 0 spiro atoms. The Balaban J connectivity index is 1.67. The number of aromatic nitrogens is 1. The van der Waals surface area contributed by atoms with Crippen LogP contribution in [-0.2, 0) is 16.0 Å². The van der Waals surface area contributed by atoms with Crippen LogP contribution in [0.25, 0.3) is 11.1 Å². The first-order valence-electron chi connectivity index (χ1n) is 11.0. The van der Waals surface area contributed by atoms with E-state index in [-0.39, 0.29) is 17.7 Å². The van der Waals surface area contributed by atoms with Crippen LogP contribution >= 0.6 is 0 Å². The summed E-state index contributed by atoms with van der Waals surface area (Å²) in [6, 6.07) is 12.3. The van der Waals surface area contributed by atoms with Gasteiger partial charge in [-0.2, -0.15) is 0 Å². The molecule has 1 aliphatic carbocycles. The van der Waals surface area contributed by atoms with Crippen LogP contribution in [0, 0.1) is 11.3 Å². The van der Waals surface area contributed by atoms with Gasteiger partial charge in [-0.3, -0.25) is 14.6 Å². The fraction of sp³-hybridized carbons (Fsp3) is 0.480. The molecule has 2 aliphatic rings. The fourth-order valence-electron chi connectivity index (χ4n) is 4.94. The number of pyridine rings is 1. The van der Waals surface area contributed by atoms with E-state index in [2.05, 4.69) is 23.2 Å². The highest BCUT2D eigenvalue weighted by Gasteiger charge is 2.45. The van der Waals surface area contributed by atoms with Gasteiger partial charge in [0.15, 0.2) is 0 Å². The summed E-state index contributed by atoms with van der Waals surface area (Å²) in [5, 5.41) is 0. The first kappa shape index (κ1) is 20.6. The Bertz CT molecular complexity index is 908. The molecule has 0 radical (unpaired) electrons. The van der Waals surface area contributed by atoms with Crippen LogP contribution in [-0.4, -0.2) is 53.8 Å². The topological polar surface area (TPSA) is 53.5 Å². The van der Waals surface area contributed by atoms with Gasteiger partial charge in [0.25, 0.3) is 0 Å². The Hall–Kier alpha value is -2.69. The van der Waals surface area contributed by atoms with Gasteiger partial charge < -0.3 is 9.80 Å². The maximum absolute atomic E-state index is 13.5. The van der Waals surface area contributed by atoms with Crippen molar-refractivity contribution in [1.29, 1.82) is 0 Å². The van der Waals surface area contributed by atoms with Crippen molar-refractivity contribution in [1.82, 2.24) is 14.8 Å². The number of likely N-dealkylation sites (tertiary alicyclic amines) is 1. The van der Waals surface area contributed by atoms with Crippen molar-refractivity contribution in [2.75, 3.05) is 27.2 Å². The number of piperidine rings is 1. The normalized spacial score (nSPS) is 21.7. The zero-order valence-electron chi connectivity index (χ0n) is 18.0. The van der Waals surface area contributed by atoms with Gasteiger partial charge in [-0.15, -0.1) is 0 Å². The number of nitrogens with zero attached hydrogens (tertiary/aromatic N) is 3. The molecule has 2 amide bonds. The van der Waals surface area contributed by atoms with Gasteiger partial charge in [-0.25, -0.2) is 0 Å². The molecule has 30 heavy (non-hydrogen) atoms. The van der Waals surface area contributed by atoms with Crippen LogP contribution in [0.2, 0.25) is 0 Å². The number of amides is 2. The van der Waals surface area contributed by atoms with Crippen LogP contribution < -0.4 is 0 Å². The minimum Gasteiger partial charge on any atom is -0.348 e. The Morgan fingerprint density at radius 2 is 1.93 bits per heavy atom. The average Bonchev–Trinajstić information content (AvgIpc) is 2.73. The molecular formula is C25H31N3O2. The second kappa shape index (κ2) is 8.58. The predicted molar refractivity (Wildman–Crippen MR) is 118 cm³/mol. The number of carbonyl (C=O) groups is 2. The zero-order chi connectivity index (χ0) is 21.1. The van der Waals surface area contributed by atoms with Gasteiger partial charge in [0.1, 0.15) is 0 Å². The summed E-state index contributed by atoms with van der Waals surface area (Å²) in [6.07, 6.45) is 9.07. The summed E-state index contributed by atoms with van der Waals surface area (Å²) in [5.74, 6) is 0.532. The third kappa shape index (κ3) is 3.98. The number of rotatable bonds is 5. The molecule has 2 heterocycles. The molecular weight excluding hydrogens is 374 g/mol. The van der Waals surface area contributed by atoms with Crippen molar-refractivity contribution in [3.8, 4) is 11.1 Å². The van der Waals surface area contributed by atoms with Crippen LogP contribution in [0.4, 0.5) is 0 Å². The summed E-state index contributed by atoms with van der Waals surface area (Å²) in [7, 11) is 3.65. The van der Waals surface area contributed by atoms with E-state index < -0.39 is 5.41 Å². The van der Waals surface area contributed by atoms with Crippen molar-refractivity contribution < 1.29 is 9.59 Å². The van der Waals surface area contributed by atoms with Crippen molar-refractivity contribution >= 4 is 11.8 Å². The Kier molecular flexibility index (Phi) is 5.89. The minimum atomic E-state index is -0.584. The highest BCUT2D eigenvalue weighted by atomic mass is 16.2. The number of carbonyl (C=O) groups excluding carboxylic acids is 2. The summed E-state index contributed by atoms with van der Waals surface area (Å²) in [5.41, 5.74) is 2.72. The highest BCUT2D eigenvalue weighted by molar-refractivity contribution is 5.86. The Morgan fingerprint density at radius 3 is 2.60 bits per heavy atom. The summed E-state index contributed by atoms with van der Waals surface area (Å²) in [6.45, 7) is 1.28. The van der Waals surface area contributed by atoms with Gasteiger partial charge in [0.2, 0.25) is 11.8 Å². The quantitative estimate of drug-likeness (QED) is 0.761. The van der Waals surface area contributed by atoms with Gasteiger partial charge in [-0.05, 0) is 49.3 Å². The van der Waals surface area contributed by atoms with Crippen LogP contribution in [0.5, 0.6) is 0 Å². The molecule has 2 aromatic rings. The van der Waals surface area contributed by atoms with E-state index in [0.29, 0.717) is 13.0 Å². The maximum atomic E-state index is 13.5. The molecule has 2 fully saturated rings. The Labute approximate surface area is 179 Å². The summed E-state index contributed by atoms with van der Waals surface area (Å²) in [4.78, 5) is 34.4. The third-order valence-electron chi connectivity index (χ3n) is 6.72. The van der Waals surface area contributed by atoms with E-state index in [1.54, 1.807) is 11.1 Å². The lowest BCUT2D eigenvalue weighted by Gasteiger charge is -2.45.